The predicted molar refractivity (Wildman–Crippen MR) is 117 cm³/mol. The number of benzene rings is 1. The van der Waals surface area contributed by atoms with Crippen molar-refractivity contribution in [3.8, 4) is 0 Å². The van der Waals surface area contributed by atoms with E-state index in [1.54, 1.807) is 50.2 Å². The molecule has 1 N–H and O–H groups in total. The van der Waals surface area contributed by atoms with E-state index < -0.39 is 21.5 Å². The highest BCUT2D eigenvalue weighted by molar-refractivity contribution is 7.90. The second-order valence-corrected chi connectivity index (χ2v) is 10.2. The minimum Gasteiger partial charge on any atom is -0.444 e. The van der Waals surface area contributed by atoms with Crippen LogP contribution in [0.3, 0.4) is 0 Å². The molecule has 0 aliphatic rings. The lowest BCUT2D eigenvalue weighted by atomic mass is 10.2. The second kappa shape index (κ2) is 10.4. The van der Waals surface area contributed by atoms with Crippen LogP contribution < -0.4 is 5.32 Å². The summed E-state index contributed by atoms with van der Waals surface area (Å²) in [5, 5.41) is 2.76. The van der Waals surface area contributed by atoms with Gasteiger partial charge in [0.05, 0.1) is 11.4 Å². The first-order valence-corrected chi connectivity index (χ1v) is 11.8. The molecule has 0 unspecified atom stereocenters. The number of nitrogens with one attached hydrogen (secondary N) is 1. The second-order valence-electron chi connectivity index (χ2n) is 8.17. The molecule has 31 heavy (non-hydrogen) atoms. The highest BCUT2D eigenvalue weighted by Gasteiger charge is 2.22. The smallest absolute Gasteiger partial charge is 0.410 e. The topological polar surface area (TPSA) is 106 Å². The normalized spacial score (nSPS) is 11.6. The third kappa shape index (κ3) is 8.37. The Morgan fingerprint density at radius 2 is 1.90 bits per heavy atom. The maximum absolute atomic E-state index is 12.6. The van der Waals surface area contributed by atoms with Crippen LogP contribution in [0.1, 0.15) is 43.1 Å². The number of amides is 2. The lowest BCUT2D eigenvalue weighted by Crippen LogP contribution is -2.38. The number of nitrogens with zero attached hydrogens (tertiary/aromatic N) is 2. The summed E-state index contributed by atoms with van der Waals surface area (Å²) in [5.74, 6) is -0.374. The number of carbonyl (C=O) groups is 2. The summed E-state index contributed by atoms with van der Waals surface area (Å²) < 4.78 is 28.8. The molecule has 0 spiro atoms. The highest BCUT2D eigenvalue weighted by atomic mass is 32.2. The van der Waals surface area contributed by atoms with Crippen molar-refractivity contribution in [3.05, 3.63) is 59.9 Å². The maximum atomic E-state index is 12.6. The Morgan fingerprint density at radius 1 is 1.16 bits per heavy atom. The molecule has 0 aliphatic heterocycles. The van der Waals surface area contributed by atoms with E-state index >= 15 is 0 Å². The quantitative estimate of drug-likeness (QED) is 0.624. The van der Waals surface area contributed by atoms with E-state index in [-0.39, 0.29) is 16.4 Å². The monoisotopic (exact) mass is 447 g/mol. The van der Waals surface area contributed by atoms with Crippen molar-refractivity contribution in [2.45, 2.75) is 44.2 Å². The van der Waals surface area contributed by atoms with Crippen molar-refractivity contribution >= 4 is 21.8 Å². The Bertz CT molecular complexity index is 1000. The molecule has 168 valence electrons. The molecule has 0 bridgehead atoms. The number of sulfone groups is 1. The first-order valence-electron chi connectivity index (χ1n) is 9.91. The third-order valence-corrected chi connectivity index (χ3v) is 5.27. The van der Waals surface area contributed by atoms with Crippen molar-refractivity contribution < 1.29 is 22.7 Å². The fraction of sp³-hybridized carbons (Fsp3) is 0.409. The molecular weight excluding hydrogens is 418 g/mol. The molecule has 9 heteroatoms. The van der Waals surface area contributed by atoms with Gasteiger partial charge < -0.3 is 15.0 Å². The van der Waals surface area contributed by atoms with E-state index in [9.17, 15) is 18.0 Å². The zero-order valence-electron chi connectivity index (χ0n) is 18.3. The largest absolute Gasteiger partial charge is 0.444 e. The molecule has 8 nitrogen and oxygen atoms in total. The molecule has 1 aromatic carbocycles. The summed E-state index contributed by atoms with van der Waals surface area (Å²) in [6, 6.07) is 9.56. The Morgan fingerprint density at radius 3 is 2.52 bits per heavy atom. The van der Waals surface area contributed by atoms with Gasteiger partial charge in [-0.25, -0.2) is 13.2 Å². The van der Waals surface area contributed by atoms with Crippen molar-refractivity contribution in [3.63, 3.8) is 0 Å². The van der Waals surface area contributed by atoms with E-state index in [1.807, 2.05) is 6.07 Å². The number of rotatable bonds is 8. The van der Waals surface area contributed by atoms with Crippen LogP contribution in [0.25, 0.3) is 0 Å². The van der Waals surface area contributed by atoms with Crippen molar-refractivity contribution in [2.24, 2.45) is 0 Å². The fourth-order valence-corrected chi connectivity index (χ4v) is 3.38. The van der Waals surface area contributed by atoms with Crippen molar-refractivity contribution in [1.29, 1.82) is 0 Å². The third-order valence-electron chi connectivity index (χ3n) is 4.16. The van der Waals surface area contributed by atoms with Crippen LogP contribution in [0.5, 0.6) is 0 Å². The van der Waals surface area contributed by atoms with Crippen molar-refractivity contribution in [2.75, 3.05) is 19.3 Å². The van der Waals surface area contributed by atoms with Crippen LogP contribution in [0, 0.1) is 0 Å². The molecule has 0 saturated heterocycles. The minimum atomic E-state index is -3.39. The van der Waals surface area contributed by atoms with Crippen LogP contribution in [0.4, 0.5) is 4.79 Å². The van der Waals surface area contributed by atoms with Gasteiger partial charge in [-0.15, -0.1) is 0 Å². The van der Waals surface area contributed by atoms with Gasteiger partial charge in [0, 0.05) is 37.3 Å². The first kappa shape index (κ1) is 24.3. The SMILES string of the molecule is CC(C)(C)OC(=O)N(CCCNC(=O)c1cccc(S(C)(=O)=O)c1)Cc1cccnc1. The van der Waals surface area contributed by atoms with Crippen LogP contribution in [0.2, 0.25) is 0 Å². The summed E-state index contributed by atoms with van der Waals surface area (Å²) in [6.45, 7) is 6.43. The number of hydrogen-bond donors (Lipinski definition) is 1. The molecule has 1 aromatic heterocycles. The van der Waals surface area contributed by atoms with Gasteiger partial charge in [0.1, 0.15) is 5.60 Å². The highest BCUT2D eigenvalue weighted by Crippen LogP contribution is 2.13. The molecule has 2 aromatic rings. The van der Waals surface area contributed by atoms with E-state index in [0.717, 1.165) is 11.8 Å². The van der Waals surface area contributed by atoms with Gasteiger partial charge in [0.25, 0.3) is 5.91 Å². The average Bonchev–Trinajstić information content (AvgIpc) is 2.69. The van der Waals surface area contributed by atoms with Crippen LogP contribution in [0.15, 0.2) is 53.7 Å². The van der Waals surface area contributed by atoms with E-state index in [2.05, 4.69) is 10.3 Å². The van der Waals surface area contributed by atoms with Crippen LogP contribution in [-0.2, 0) is 21.1 Å². The summed E-state index contributed by atoms with van der Waals surface area (Å²) in [4.78, 5) is 30.7. The molecular formula is C22H29N3O5S. The predicted octanol–water partition coefficient (Wildman–Crippen LogP) is 3.04. The number of carbonyl (C=O) groups excluding carboxylic acids is 2. The number of pyridine rings is 1. The van der Waals surface area contributed by atoms with Gasteiger partial charge in [-0.2, -0.15) is 0 Å². The lowest BCUT2D eigenvalue weighted by molar-refractivity contribution is 0.0232. The molecule has 0 radical (unpaired) electrons. The van der Waals surface area contributed by atoms with Gasteiger partial charge >= 0.3 is 6.09 Å². The Hall–Kier alpha value is -2.94. The minimum absolute atomic E-state index is 0.0905. The van der Waals surface area contributed by atoms with Gasteiger partial charge in [0.15, 0.2) is 9.84 Å². The van der Waals surface area contributed by atoms with Gasteiger partial charge in [0.2, 0.25) is 0 Å². The number of ether oxygens (including phenoxy) is 1. The molecule has 1 heterocycles. The van der Waals surface area contributed by atoms with E-state index in [1.165, 1.54) is 18.2 Å². The molecule has 2 rings (SSSR count). The zero-order valence-corrected chi connectivity index (χ0v) is 19.1. The first-order chi connectivity index (χ1) is 14.5. The van der Waals surface area contributed by atoms with Crippen LogP contribution in [-0.4, -0.2) is 55.2 Å². The maximum Gasteiger partial charge on any atom is 0.410 e. The molecule has 0 saturated carbocycles. The van der Waals surface area contributed by atoms with Gasteiger partial charge in [-0.3, -0.25) is 9.78 Å². The van der Waals surface area contributed by atoms with Gasteiger partial charge in [-0.05, 0) is 57.0 Å². The molecule has 0 atom stereocenters. The average molecular weight is 448 g/mol. The molecule has 2 amide bonds. The van der Waals surface area contributed by atoms with Crippen LogP contribution >= 0.6 is 0 Å². The zero-order chi connectivity index (χ0) is 23.1. The van der Waals surface area contributed by atoms with Gasteiger partial charge in [-0.1, -0.05) is 12.1 Å². The Kier molecular flexibility index (Phi) is 8.15. The standard InChI is InChI=1S/C22H29N3O5S/c1-22(2,3)30-21(27)25(16-17-8-6-11-23-15-17)13-7-12-24-20(26)18-9-5-10-19(14-18)31(4,28)29/h5-6,8-11,14-15H,7,12-13,16H2,1-4H3,(H,24,26). The summed E-state index contributed by atoms with van der Waals surface area (Å²) in [5.41, 5.74) is 0.514. The lowest BCUT2D eigenvalue weighted by Gasteiger charge is -2.27. The summed E-state index contributed by atoms with van der Waals surface area (Å²) in [7, 11) is -3.39. The van der Waals surface area contributed by atoms with E-state index in [4.69, 9.17) is 4.74 Å². The Balaban J connectivity index is 1.95. The van der Waals surface area contributed by atoms with E-state index in [0.29, 0.717) is 26.1 Å². The van der Waals surface area contributed by atoms with Crippen molar-refractivity contribution in [1.82, 2.24) is 15.2 Å². The fourth-order valence-electron chi connectivity index (χ4n) is 2.72. The Labute approximate surface area is 183 Å². The number of aromatic nitrogens is 1. The summed E-state index contributed by atoms with van der Waals surface area (Å²) >= 11 is 0. The molecule has 0 aliphatic carbocycles. The number of hydrogen-bond acceptors (Lipinski definition) is 6. The summed E-state index contributed by atoms with van der Waals surface area (Å²) in [6.07, 6.45) is 4.50. The molecule has 0 fully saturated rings.